The van der Waals surface area contributed by atoms with Crippen LogP contribution in [0.3, 0.4) is 0 Å². The molecule has 3 aromatic rings. The number of rotatable bonds is 7. The maximum atomic E-state index is 13.1. The number of nitrogens with zero attached hydrogens (tertiary/aromatic N) is 4. The second-order valence-corrected chi connectivity index (χ2v) is 8.07. The number of hydrogen-bond acceptors (Lipinski definition) is 5. The molecule has 0 unspecified atom stereocenters. The van der Waals surface area contributed by atoms with Crippen LogP contribution in [-0.2, 0) is 6.54 Å². The van der Waals surface area contributed by atoms with Crippen LogP contribution in [0.4, 0.5) is 4.39 Å². The summed E-state index contributed by atoms with van der Waals surface area (Å²) in [6.07, 6.45) is 3.72. The first kappa shape index (κ1) is 19.8. The molecule has 0 radical (unpaired) electrons. The molecule has 1 aromatic heterocycles. The zero-order chi connectivity index (χ0) is 20.1. The quantitative estimate of drug-likeness (QED) is 0.428. The molecule has 29 heavy (non-hydrogen) atoms. The van der Waals surface area contributed by atoms with Crippen LogP contribution in [0.15, 0.2) is 59.8 Å². The summed E-state index contributed by atoms with van der Waals surface area (Å²) in [5.41, 5.74) is 1.49. The van der Waals surface area contributed by atoms with E-state index in [9.17, 15) is 9.18 Å². The van der Waals surface area contributed by atoms with Gasteiger partial charge in [0.15, 0.2) is 16.8 Å². The average molecular weight is 411 g/mol. The van der Waals surface area contributed by atoms with E-state index in [0.29, 0.717) is 10.7 Å². The molecule has 1 saturated heterocycles. The number of para-hydroxylation sites is 1. The van der Waals surface area contributed by atoms with E-state index in [1.54, 1.807) is 0 Å². The van der Waals surface area contributed by atoms with Gasteiger partial charge in [-0.05, 0) is 62.3 Å². The lowest BCUT2D eigenvalue weighted by atomic mass is 10.1. The number of likely N-dealkylation sites (tertiary alicyclic amines) is 1. The van der Waals surface area contributed by atoms with Crippen molar-refractivity contribution in [2.45, 2.75) is 31.0 Å². The number of thioether (sulfide) groups is 1. The first-order valence-corrected chi connectivity index (χ1v) is 10.8. The van der Waals surface area contributed by atoms with E-state index in [1.165, 1.54) is 55.3 Å². The smallest absolute Gasteiger partial charge is 0.196 e. The zero-order valence-electron chi connectivity index (χ0n) is 16.1. The third-order valence-corrected chi connectivity index (χ3v) is 5.96. The van der Waals surface area contributed by atoms with E-state index in [2.05, 4.69) is 15.1 Å². The van der Waals surface area contributed by atoms with Crippen molar-refractivity contribution in [3.63, 3.8) is 0 Å². The fourth-order valence-corrected chi connectivity index (χ4v) is 4.36. The monoisotopic (exact) mass is 410 g/mol. The van der Waals surface area contributed by atoms with Crippen LogP contribution in [-0.4, -0.2) is 44.3 Å². The van der Waals surface area contributed by atoms with Crippen LogP contribution in [0.25, 0.3) is 5.69 Å². The maximum Gasteiger partial charge on any atom is 0.196 e. The summed E-state index contributed by atoms with van der Waals surface area (Å²) in [4.78, 5) is 14.9. The number of benzene rings is 2. The van der Waals surface area contributed by atoms with E-state index >= 15 is 0 Å². The number of piperidine rings is 1. The van der Waals surface area contributed by atoms with Gasteiger partial charge in [0.1, 0.15) is 5.82 Å². The first-order chi connectivity index (χ1) is 14.2. The molecule has 0 saturated carbocycles. The van der Waals surface area contributed by atoms with Gasteiger partial charge >= 0.3 is 0 Å². The van der Waals surface area contributed by atoms with Crippen molar-refractivity contribution in [2.24, 2.45) is 0 Å². The lowest BCUT2D eigenvalue weighted by Gasteiger charge is -2.26. The minimum atomic E-state index is -0.347. The largest absolute Gasteiger partial charge is 0.296 e. The highest BCUT2D eigenvalue weighted by Crippen LogP contribution is 2.24. The number of Topliss-reactive ketones (excluding diaryl/α,β-unsaturated/α-hetero) is 1. The molecule has 0 N–H and O–H groups in total. The molecule has 1 aliphatic heterocycles. The second kappa shape index (κ2) is 9.33. The van der Waals surface area contributed by atoms with Crippen LogP contribution in [0, 0.1) is 5.82 Å². The van der Waals surface area contributed by atoms with Crippen LogP contribution in [0.1, 0.15) is 35.4 Å². The fraction of sp³-hybridized carbons (Fsp3) is 0.318. The Morgan fingerprint density at radius 1 is 0.966 bits per heavy atom. The molecule has 5 nitrogen and oxygen atoms in total. The highest BCUT2D eigenvalue weighted by Gasteiger charge is 2.19. The Balaban J connectivity index is 1.54. The lowest BCUT2D eigenvalue weighted by molar-refractivity contribution is 0.102. The Kier molecular flexibility index (Phi) is 6.36. The van der Waals surface area contributed by atoms with Gasteiger partial charge in [-0.25, -0.2) is 4.39 Å². The number of hydrogen-bond donors (Lipinski definition) is 0. The third kappa shape index (κ3) is 4.92. The highest BCUT2D eigenvalue weighted by atomic mass is 32.2. The highest BCUT2D eigenvalue weighted by molar-refractivity contribution is 7.99. The molecule has 0 amide bonds. The van der Waals surface area contributed by atoms with Crippen molar-refractivity contribution < 1.29 is 9.18 Å². The zero-order valence-corrected chi connectivity index (χ0v) is 16.9. The van der Waals surface area contributed by atoms with E-state index in [0.717, 1.165) is 31.1 Å². The van der Waals surface area contributed by atoms with Crippen LogP contribution < -0.4 is 0 Å². The van der Waals surface area contributed by atoms with Gasteiger partial charge in [-0.1, -0.05) is 36.4 Å². The molecule has 0 aliphatic carbocycles. The van der Waals surface area contributed by atoms with Gasteiger partial charge in [-0.2, -0.15) is 0 Å². The molecule has 0 atom stereocenters. The van der Waals surface area contributed by atoms with Crippen LogP contribution in [0.2, 0.25) is 0 Å². The van der Waals surface area contributed by atoms with Crippen molar-refractivity contribution >= 4 is 17.5 Å². The molecule has 2 heterocycles. The van der Waals surface area contributed by atoms with Crippen molar-refractivity contribution in [2.75, 3.05) is 18.8 Å². The van der Waals surface area contributed by atoms with Crippen LogP contribution in [0.5, 0.6) is 0 Å². The number of carbonyl (C=O) groups is 1. The normalized spacial score (nSPS) is 14.8. The van der Waals surface area contributed by atoms with E-state index in [-0.39, 0.29) is 17.4 Å². The summed E-state index contributed by atoms with van der Waals surface area (Å²) in [6.45, 7) is 2.90. The summed E-state index contributed by atoms with van der Waals surface area (Å²) in [5, 5.41) is 9.51. The number of halogens is 1. The van der Waals surface area contributed by atoms with Crippen molar-refractivity contribution in [1.29, 1.82) is 0 Å². The first-order valence-electron chi connectivity index (χ1n) is 9.84. The number of ketones is 1. The Labute approximate surface area is 173 Å². The SMILES string of the molecule is O=C(CSc1nnc(CN2CCCCC2)n1-c1ccccc1)c1ccc(F)cc1. The second-order valence-electron chi connectivity index (χ2n) is 7.13. The Hall–Kier alpha value is -2.51. The van der Waals surface area contributed by atoms with Gasteiger partial charge in [0.2, 0.25) is 0 Å². The predicted octanol–water partition coefficient (Wildman–Crippen LogP) is 4.37. The van der Waals surface area contributed by atoms with Gasteiger partial charge in [0.05, 0.1) is 12.3 Å². The maximum absolute atomic E-state index is 13.1. The van der Waals surface area contributed by atoms with Gasteiger partial charge < -0.3 is 0 Å². The van der Waals surface area contributed by atoms with Crippen molar-refractivity contribution in [1.82, 2.24) is 19.7 Å². The molecule has 150 valence electrons. The lowest BCUT2D eigenvalue weighted by Crippen LogP contribution is -2.30. The van der Waals surface area contributed by atoms with Crippen molar-refractivity contribution in [3.05, 3.63) is 71.8 Å². The van der Waals surface area contributed by atoms with Gasteiger partial charge in [-0.15, -0.1) is 10.2 Å². The molecule has 2 aromatic carbocycles. The predicted molar refractivity (Wildman–Crippen MR) is 112 cm³/mol. The van der Waals surface area contributed by atoms with Crippen molar-refractivity contribution in [3.8, 4) is 5.69 Å². The van der Waals surface area contributed by atoms with Gasteiger partial charge in [0, 0.05) is 11.3 Å². The average Bonchev–Trinajstić information content (AvgIpc) is 3.16. The Bertz CT molecular complexity index is 953. The molecule has 1 fully saturated rings. The van der Waals surface area contributed by atoms with Gasteiger partial charge in [-0.3, -0.25) is 14.3 Å². The molecule has 4 rings (SSSR count). The molecular formula is C22H23FN4OS. The van der Waals surface area contributed by atoms with Gasteiger partial charge in [0.25, 0.3) is 0 Å². The summed E-state index contributed by atoms with van der Waals surface area (Å²) in [7, 11) is 0. The summed E-state index contributed by atoms with van der Waals surface area (Å²) < 4.78 is 15.1. The minimum Gasteiger partial charge on any atom is -0.296 e. The number of carbonyl (C=O) groups excluding carboxylic acids is 1. The summed E-state index contributed by atoms with van der Waals surface area (Å²) >= 11 is 1.36. The Morgan fingerprint density at radius 3 is 2.41 bits per heavy atom. The van der Waals surface area contributed by atoms with E-state index in [4.69, 9.17) is 0 Å². The molecule has 1 aliphatic rings. The molecule has 0 bridgehead atoms. The topological polar surface area (TPSA) is 51.0 Å². The van der Waals surface area contributed by atoms with E-state index < -0.39 is 0 Å². The number of aromatic nitrogens is 3. The molecule has 0 spiro atoms. The molecular weight excluding hydrogens is 387 g/mol. The minimum absolute atomic E-state index is 0.0600. The van der Waals surface area contributed by atoms with Crippen LogP contribution >= 0.6 is 11.8 Å². The van der Waals surface area contributed by atoms with E-state index in [1.807, 2.05) is 34.9 Å². The standard InChI is InChI=1S/C22H23FN4OS/c23-18-11-9-17(10-12-18)20(28)16-29-22-25-24-21(15-26-13-5-2-6-14-26)27(22)19-7-3-1-4-8-19/h1,3-4,7-12H,2,5-6,13-16H2. The summed E-state index contributed by atoms with van der Waals surface area (Å²) in [5.74, 6) is 0.700. The fourth-order valence-electron chi connectivity index (χ4n) is 3.50. The third-order valence-electron chi connectivity index (χ3n) is 5.03. The summed E-state index contributed by atoms with van der Waals surface area (Å²) in [6, 6.07) is 15.6. The molecule has 7 heteroatoms. The Morgan fingerprint density at radius 2 is 1.69 bits per heavy atom.